The van der Waals surface area contributed by atoms with Crippen LogP contribution >= 0.6 is 11.6 Å². The number of rotatable bonds is 4. The van der Waals surface area contributed by atoms with E-state index >= 15 is 0 Å². The van der Waals surface area contributed by atoms with Crippen LogP contribution in [0.5, 0.6) is 5.75 Å². The van der Waals surface area contributed by atoms with Gasteiger partial charge in [0.1, 0.15) is 17.3 Å². The Labute approximate surface area is 139 Å². The largest absolute Gasteiger partial charge is 0.433 e. The number of benzene rings is 2. The van der Waals surface area contributed by atoms with E-state index in [2.05, 4.69) is 15.0 Å². The fraction of sp³-hybridized carbons (Fsp3) is 0.0625. The van der Waals surface area contributed by atoms with Gasteiger partial charge in [-0.2, -0.15) is 8.78 Å². The highest BCUT2D eigenvalue weighted by molar-refractivity contribution is 6.32. The molecule has 3 rings (SSSR count). The van der Waals surface area contributed by atoms with E-state index in [1.54, 1.807) is 0 Å². The third-order valence-electron chi connectivity index (χ3n) is 3.23. The van der Waals surface area contributed by atoms with Crippen molar-refractivity contribution >= 4 is 34.1 Å². The lowest BCUT2D eigenvalue weighted by Crippen LogP contribution is -2.12. The molecule has 0 aliphatic rings. The number of carbonyl (C=O) groups is 1. The van der Waals surface area contributed by atoms with Crippen molar-refractivity contribution in [1.82, 2.24) is 4.98 Å². The summed E-state index contributed by atoms with van der Waals surface area (Å²) >= 11 is 5.83. The topological polar surface area (TPSA) is 54.1 Å². The van der Waals surface area contributed by atoms with Gasteiger partial charge in [0.25, 0.3) is 5.91 Å². The van der Waals surface area contributed by atoms with E-state index in [4.69, 9.17) is 11.6 Å². The minimum atomic E-state index is -2.99. The molecule has 1 amide bonds. The number of fused-ring (bicyclic) bond motifs is 1. The minimum absolute atomic E-state index is 0.0631. The second-order valence-electron chi connectivity index (χ2n) is 4.89. The summed E-state index contributed by atoms with van der Waals surface area (Å²) in [6.45, 7) is -2.99. The quantitative estimate of drug-likeness (QED) is 0.706. The zero-order valence-corrected chi connectivity index (χ0v) is 12.7. The van der Waals surface area contributed by atoms with Crippen LogP contribution in [0.25, 0.3) is 10.9 Å². The number of anilines is 1. The van der Waals surface area contributed by atoms with Crippen LogP contribution in [0.3, 0.4) is 0 Å². The first-order valence-electron chi connectivity index (χ1n) is 6.76. The lowest BCUT2D eigenvalue weighted by molar-refractivity contribution is -0.0497. The molecule has 8 heteroatoms. The molecular formula is C16H10ClF3N2O2. The predicted molar refractivity (Wildman–Crippen MR) is 84.3 cm³/mol. The molecule has 0 radical (unpaired) electrons. The minimum Gasteiger partial charge on any atom is -0.433 e. The van der Waals surface area contributed by atoms with Crippen LogP contribution in [0.15, 0.2) is 42.5 Å². The number of aromatic amines is 1. The van der Waals surface area contributed by atoms with E-state index in [1.165, 1.54) is 42.5 Å². The molecule has 0 spiro atoms. The van der Waals surface area contributed by atoms with Crippen molar-refractivity contribution in [3.05, 3.63) is 59.0 Å². The number of nitrogens with one attached hydrogen (secondary N) is 2. The fourth-order valence-corrected chi connectivity index (χ4v) is 2.42. The van der Waals surface area contributed by atoms with Gasteiger partial charge in [0.2, 0.25) is 0 Å². The summed E-state index contributed by atoms with van der Waals surface area (Å²) in [4.78, 5) is 15.1. The lowest BCUT2D eigenvalue weighted by Gasteiger charge is -2.09. The van der Waals surface area contributed by atoms with Gasteiger partial charge in [-0.3, -0.25) is 4.79 Å². The summed E-state index contributed by atoms with van der Waals surface area (Å²) in [5, 5.41) is 3.06. The van der Waals surface area contributed by atoms with E-state index in [-0.39, 0.29) is 16.5 Å². The van der Waals surface area contributed by atoms with Crippen LogP contribution in [0, 0.1) is 5.82 Å². The number of aromatic nitrogens is 1. The van der Waals surface area contributed by atoms with Gasteiger partial charge in [-0.1, -0.05) is 11.6 Å². The van der Waals surface area contributed by atoms with Crippen LogP contribution in [0.2, 0.25) is 5.02 Å². The molecule has 4 nitrogen and oxygen atoms in total. The molecule has 1 aromatic heterocycles. The second-order valence-corrected chi connectivity index (χ2v) is 5.30. The zero-order chi connectivity index (χ0) is 17.3. The molecule has 3 aromatic rings. The average Bonchev–Trinajstić information content (AvgIpc) is 2.93. The highest BCUT2D eigenvalue weighted by Gasteiger charge is 2.13. The Morgan fingerprint density at radius 2 is 1.96 bits per heavy atom. The van der Waals surface area contributed by atoms with Crippen LogP contribution in [-0.2, 0) is 0 Å². The van der Waals surface area contributed by atoms with Gasteiger partial charge in [0.15, 0.2) is 0 Å². The molecule has 124 valence electrons. The summed E-state index contributed by atoms with van der Waals surface area (Å²) in [5.41, 5.74) is 1.14. The second kappa shape index (κ2) is 6.45. The van der Waals surface area contributed by atoms with E-state index in [0.717, 1.165) is 0 Å². The molecule has 1 heterocycles. The number of hydrogen-bond acceptors (Lipinski definition) is 2. The van der Waals surface area contributed by atoms with Crippen molar-refractivity contribution in [3.8, 4) is 5.75 Å². The fourth-order valence-electron chi connectivity index (χ4n) is 2.19. The molecule has 0 aliphatic heterocycles. The van der Waals surface area contributed by atoms with Crippen LogP contribution in [0.1, 0.15) is 10.5 Å². The summed E-state index contributed by atoms with van der Waals surface area (Å²) in [6.07, 6.45) is 0. The van der Waals surface area contributed by atoms with E-state index < -0.39 is 18.3 Å². The van der Waals surface area contributed by atoms with Gasteiger partial charge >= 0.3 is 6.61 Å². The average molecular weight is 355 g/mol. The Bertz CT molecular complexity index is 911. The van der Waals surface area contributed by atoms with Gasteiger partial charge in [0.05, 0.1) is 5.02 Å². The monoisotopic (exact) mass is 354 g/mol. The number of ether oxygens (including phenoxy) is 1. The van der Waals surface area contributed by atoms with Crippen molar-refractivity contribution in [1.29, 1.82) is 0 Å². The number of halogens is 4. The third kappa shape index (κ3) is 3.46. The first kappa shape index (κ1) is 16.2. The van der Waals surface area contributed by atoms with Crippen molar-refractivity contribution in [2.45, 2.75) is 6.61 Å². The maximum absolute atomic E-state index is 13.2. The normalized spacial score (nSPS) is 11.0. The van der Waals surface area contributed by atoms with E-state index in [0.29, 0.717) is 16.6 Å². The molecule has 24 heavy (non-hydrogen) atoms. The summed E-state index contributed by atoms with van der Waals surface area (Å²) in [6, 6.07) is 9.50. The highest BCUT2D eigenvalue weighted by Crippen LogP contribution is 2.29. The van der Waals surface area contributed by atoms with Gasteiger partial charge in [-0.15, -0.1) is 0 Å². The Morgan fingerprint density at radius 3 is 2.67 bits per heavy atom. The van der Waals surface area contributed by atoms with Gasteiger partial charge in [-0.25, -0.2) is 4.39 Å². The van der Waals surface area contributed by atoms with Crippen molar-refractivity contribution in [3.63, 3.8) is 0 Å². The van der Waals surface area contributed by atoms with Gasteiger partial charge in [-0.05, 0) is 42.5 Å². The molecule has 0 fully saturated rings. The Morgan fingerprint density at radius 1 is 1.17 bits per heavy atom. The first-order chi connectivity index (χ1) is 11.4. The molecule has 0 aliphatic carbocycles. The zero-order valence-electron chi connectivity index (χ0n) is 11.9. The number of hydrogen-bond donors (Lipinski definition) is 2. The standard InChI is InChI=1S/C16H10ClF3N2O2/c17-11-7-10(2-4-14(11)24-16(19)20)21-15(23)13-6-8-5-9(18)1-3-12(8)22-13/h1-7,16,22H,(H,21,23). The smallest absolute Gasteiger partial charge is 0.387 e. The molecule has 0 unspecified atom stereocenters. The van der Waals surface area contributed by atoms with Crippen LogP contribution in [-0.4, -0.2) is 17.5 Å². The third-order valence-corrected chi connectivity index (χ3v) is 3.53. The lowest BCUT2D eigenvalue weighted by atomic mass is 10.2. The summed E-state index contributed by atoms with van der Waals surface area (Å²) in [7, 11) is 0. The highest BCUT2D eigenvalue weighted by atomic mass is 35.5. The predicted octanol–water partition coefficient (Wildman–Crippen LogP) is 4.81. The van der Waals surface area contributed by atoms with Crippen molar-refractivity contribution in [2.24, 2.45) is 0 Å². The molecule has 2 aromatic carbocycles. The van der Waals surface area contributed by atoms with E-state index in [9.17, 15) is 18.0 Å². The molecule has 0 saturated heterocycles. The van der Waals surface area contributed by atoms with Crippen LogP contribution < -0.4 is 10.1 Å². The number of alkyl halides is 2. The maximum atomic E-state index is 13.2. The summed E-state index contributed by atoms with van der Waals surface area (Å²) < 4.78 is 41.8. The molecular weight excluding hydrogens is 345 g/mol. The molecule has 0 saturated carbocycles. The Balaban J connectivity index is 1.79. The first-order valence-corrected chi connectivity index (χ1v) is 7.14. The molecule has 0 atom stereocenters. The number of H-pyrrole nitrogens is 1. The molecule has 0 bridgehead atoms. The number of amides is 1. The maximum Gasteiger partial charge on any atom is 0.387 e. The Kier molecular flexibility index (Phi) is 4.35. The summed E-state index contributed by atoms with van der Waals surface area (Å²) in [5.74, 6) is -1.08. The van der Waals surface area contributed by atoms with Gasteiger partial charge < -0.3 is 15.0 Å². The van der Waals surface area contributed by atoms with Crippen LogP contribution in [0.4, 0.5) is 18.9 Å². The van der Waals surface area contributed by atoms with Crippen molar-refractivity contribution in [2.75, 3.05) is 5.32 Å². The molecule has 2 N–H and O–H groups in total. The number of carbonyl (C=O) groups excluding carboxylic acids is 1. The van der Waals surface area contributed by atoms with E-state index in [1.807, 2.05) is 0 Å². The SMILES string of the molecule is O=C(Nc1ccc(OC(F)F)c(Cl)c1)c1cc2cc(F)ccc2[nH]1. The Hall–Kier alpha value is -2.67. The van der Waals surface area contributed by atoms with Crippen molar-refractivity contribution < 1.29 is 22.7 Å². The van der Waals surface area contributed by atoms with Gasteiger partial charge in [0, 0.05) is 16.6 Å².